The lowest BCUT2D eigenvalue weighted by Crippen LogP contribution is -2.29. The van der Waals surface area contributed by atoms with Gasteiger partial charge < -0.3 is 10.5 Å². The Balaban J connectivity index is 2.12. The molecule has 2 atom stereocenters. The predicted molar refractivity (Wildman–Crippen MR) is 69.8 cm³/mol. The lowest BCUT2D eigenvalue weighted by Gasteiger charge is -2.22. The molecule has 0 spiro atoms. The van der Waals surface area contributed by atoms with E-state index in [0.717, 1.165) is 23.8 Å². The first-order valence-electron chi connectivity index (χ1n) is 6.00. The number of nitrogens with two attached hydrogens (primary N) is 1. The summed E-state index contributed by atoms with van der Waals surface area (Å²) in [6, 6.07) is 12.0. The van der Waals surface area contributed by atoms with Crippen molar-refractivity contribution in [2.24, 2.45) is 5.73 Å². The van der Waals surface area contributed by atoms with Crippen molar-refractivity contribution >= 4 is 0 Å². The minimum Gasteiger partial charge on any atom is -0.486 e. The molecule has 0 saturated carbocycles. The lowest BCUT2D eigenvalue weighted by molar-refractivity contribution is 0.181. The van der Waals surface area contributed by atoms with Crippen LogP contribution in [0, 0.1) is 11.6 Å². The van der Waals surface area contributed by atoms with E-state index in [1.165, 1.54) is 0 Å². The molecule has 2 aromatic carbocycles. The predicted octanol–water partition coefficient (Wildman–Crippen LogP) is 3.43. The van der Waals surface area contributed by atoms with Gasteiger partial charge in [0.05, 0.1) is 6.04 Å². The highest BCUT2D eigenvalue weighted by Gasteiger charge is 2.18. The Morgan fingerprint density at radius 2 is 1.74 bits per heavy atom. The fraction of sp³-hybridized carbons (Fsp3) is 0.200. The molecule has 0 aromatic heterocycles. The topological polar surface area (TPSA) is 35.2 Å². The lowest BCUT2D eigenvalue weighted by atomic mass is 10.0. The van der Waals surface area contributed by atoms with E-state index < -0.39 is 23.8 Å². The molecular weight excluding hydrogens is 248 g/mol. The van der Waals surface area contributed by atoms with Gasteiger partial charge in [0.2, 0.25) is 0 Å². The van der Waals surface area contributed by atoms with E-state index in [-0.39, 0.29) is 5.75 Å². The van der Waals surface area contributed by atoms with Gasteiger partial charge in [-0.1, -0.05) is 30.3 Å². The van der Waals surface area contributed by atoms with Crippen LogP contribution in [0.2, 0.25) is 0 Å². The Kier molecular flexibility index (Phi) is 4.12. The van der Waals surface area contributed by atoms with E-state index in [1.807, 2.05) is 30.3 Å². The van der Waals surface area contributed by atoms with Gasteiger partial charge in [-0.3, -0.25) is 0 Å². The third kappa shape index (κ3) is 3.29. The van der Waals surface area contributed by atoms with Gasteiger partial charge in [0.15, 0.2) is 11.6 Å². The third-order valence-electron chi connectivity index (χ3n) is 2.90. The highest BCUT2D eigenvalue weighted by atomic mass is 19.1. The summed E-state index contributed by atoms with van der Waals surface area (Å²) in [5, 5.41) is 0. The summed E-state index contributed by atoms with van der Waals surface area (Å²) in [7, 11) is 0. The van der Waals surface area contributed by atoms with Crippen LogP contribution in [-0.4, -0.2) is 6.10 Å². The van der Waals surface area contributed by atoms with Crippen LogP contribution in [0.15, 0.2) is 48.5 Å². The summed E-state index contributed by atoms with van der Waals surface area (Å²) >= 11 is 0. The molecule has 0 aliphatic heterocycles. The average molecular weight is 263 g/mol. The van der Waals surface area contributed by atoms with Crippen molar-refractivity contribution in [3.8, 4) is 5.75 Å². The zero-order chi connectivity index (χ0) is 13.8. The summed E-state index contributed by atoms with van der Waals surface area (Å²) < 4.78 is 31.9. The number of benzene rings is 2. The second-order valence-electron chi connectivity index (χ2n) is 4.33. The van der Waals surface area contributed by atoms with Crippen LogP contribution in [0.1, 0.15) is 18.5 Å². The van der Waals surface area contributed by atoms with Crippen LogP contribution < -0.4 is 10.5 Å². The normalized spacial score (nSPS) is 13.9. The van der Waals surface area contributed by atoms with Gasteiger partial charge in [0.25, 0.3) is 0 Å². The maximum atomic E-state index is 13.5. The number of ether oxygens (including phenoxy) is 1. The number of halogens is 2. The molecule has 0 heterocycles. The van der Waals surface area contributed by atoms with Crippen molar-refractivity contribution in [3.05, 3.63) is 65.7 Å². The molecule has 2 nitrogen and oxygen atoms in total. The molecule has 0 aliphatic rings. The van der Waals surface area contributed by atoms with Gasteiger partial charge in [-0.2, -0.15) is 0 Å². The summed E-state index contributed by atoms with van der Waals surface area (Å²) in [6.07, 6.45) is -0.473. The molecule has 2 rings (SSSR count). The average Bonchev–Trinajstić information content (AvgIpc) is 2.43. The van der Waals surface area contributed by atoms with Gasteiger partial charge >= 0.3 is 0 Å². The number of hydrogen-bond acceptors (Lipinski definition) is 2. The van der Waals surface area contributed by atoms with Gasteiger partial charge in [-0.25, -0.2) is 8.78 Å². The zero-order valence-electron chi connectivity index (χ0n) is 10.5. The molecule has 0 aliphatic carbocycles. The Morgan fingerprint density at radius 1 is 1.05 bits per heavy atom. The minimum atomic E-state index is -0.603. The second kappa shape index (κ2) is 5.80. The number of hydrogen-bond donors (Lipinski definition) is 1. The third-order valence-corrected chi connectivity index (χ3v) is 2.90. The van der Waals surface area contributed by atoms with E-state index >= 15 is 0 Å². The SMILES string of the molecule is CC(Oc1cc(F)ccc1F)C(N)c1ccccc1. The summed E-state index contributed by atoms with van der Waals surface area (Å²) in [5.41, 5.74) is 6.91. The molecule has 4 heteroatoms. The molecule has 2 aromatic rings. The van der Waals surface area contributed by atoms with Crippen LogP contribution >= 0.6 is 0 Å². The Bertz CT molecular complexity index is 545. The van der Waals surface area contributed by atoms with Gasteiger partial charge in [-0.15, -0.1) is 0 Å². The molecule has 100 valence electrons. The molecular formula is C15H15F2NO. The van der Waals surface area contributed by atoms with Crippen LogP contribution in [0.3, 0.4) is 0 Å². The molecule has 2 unspecified atom stereocenters. The summed E-state index contributed by atoms with van der Waals surface area (Å²) in [4.78, 5) is 0. The van der Waals surface area contributed by atoms with Gasteiger partial charge in [0.1, 0.15) is 11.9 Å². The minimum absolute atomic E-state index is 0.126. The van der Waals surface area contributed by atoms with Crippen molar-refractivity contribution in [2.75, 3.05) is 0 Å². The highest BCUT2D eigenvalue weighted by Crippen LogP contribution is 2.23. The molecule has 0 radical (unpaired) electrons. The molecule has 19 heavy (non-hydrogen) atoms. The molecule has 0 fully saturated rings. The van der Waals surface area contributed by atoms with Crippen molar-refractivity contribution in [1.82, 2.24) is 0 Å². The Labute approximate surface area is 110 Å². The van der Waals surface area contributed by atoms with E-state index in [4.69, 9.17) is 10.5 Å². The summed E-state index contributed by atoms with van der Waals surface area (Å²) in [6.45, 7) is 1.72. The smallest absolute Gasteiger partial charge is 0.165 e. The van der Waals surface area contributed by atoms with Gasteiger partial charge in [-0.05, 0) is 24.6 Å². The van der Waals surface area contributed by atoms with E-state index in [9.17, 15) is 8.78 Å². The van der Waals surface area contributed by atoms with E-state index in [1.54, 1.807) is 6.92 Å². The zero-order valence-corrected chi connectivity index (χ0v) is 10.5. The van der Waals surface area contributed by atoms with Crippen molar-refractivity contribution < 1.29 is 13.5 Å². The Morgan fingerprint density at radius 3 is 2.42 bits per heavy atom. The van der Waals surface area contributed by atoms with E-state index in [2.05, 4.69) is 0 Å². The van der Waals surface area contributed by atoms with Crippen LogP contribution in [-0.2, 0) is 0 Å². The standard InChI is InChI=1S/C15H15F2NO/c1-10(15(18)11-5-3-2-4-6-11)19-14-9-12(16)7-8-13(14)17/h2-10,15H,18H2,1H3. The van der Waals surface area contributed by atoms with Gasteiger partial charge in [0, 0.05) is 6.07 Å². The highest BCUT2D eigenvalue weighted by molar-refractivity contribution is 5.26. The largest absolute Gasteiger partial charge is 0.486 e. The Hall–Kier alpha value is -1.94. The quantitative estimate of drug-likeness (QED) is 0.917. The van der Waals surface area contributed by atoms with Crippen LogP contribution in [0.5, 0.6) is 5.75 Å². The fourth-order valence-corrected chi connectivity index (χ4v) is 1.79. The van der Waals surface area contributed by atoms with Crippen molar-refractivity contribution in [2.45, 2.75) is 19.1 Å². The maximum absolute atomic E-state index is 13.5. The monoisotopic (exact) mass is 263 g/mol. The number of rotatable bonds is 4. The van der Waals surface area contributed by atoms with Crippen LogP contribution in [0.4, 0.5) is 8.78 Å². The second-order valence-corrected chi connectivity index (χ2v) is 4.33. The molecule has 0 bridgehead atoms. The summed E-state index contributed by atoms with van der Waals surface area (Å²) in [5.74, 6) is -1.27. The van der Waals surface area contributed by atoms with E-state index in [0.29, 0.717) is 0 Å². The first-order chi connectivity index (χ1) is 9.08. The van der Waals surface area contributed by atoms with Crippen LogP contribution in [0.25, 0.3) is 0 Å². The first kappa shape index (κ1) is 13.5. The first-order valence-corrected chi connectivity index (χ1v) is 6.00. The molecule has 2 N–H and O–H groups in total. The maximum Gasteiger partial charge on any atom is 0.165 e. The molecule has 0 saturated heterocycles. The molecule has 0 amide bonds. The van der Waals surface area contributed by atoms with Crippen molar-refractivity contribution in [1.29, 1.82) is 0 Å². The van der Waals surface area contributed by atoms with Crippen molar-refractivity contribution in [3.63, 3.8) is 0 Å². The fourth-order valence-electron chi connectivity index (χ4n) is 1.79.